The lowest BCUT2D eigenvalue weighted by atomic mass is 9.95. The van der Waals surface area contributed by atoms with Gasteiger partial charge in [-0.15, -0.1) is 0 Å². The Kier molecular flexibility index (Phi) is 5.15. The molecule has 0 spiro atoms. The molecule has 4 aromatic rings. The first-order valence-corrected chi connectivity index (χ1v) is 11.5. The van der Waals surface area contributed by atoms with Gasteiger partial charge in [-0.25, -0.2) is 4.98 Å². The molecule has 32 heavy (non-hydrogen) atoms. The van der Waals surface area contributed by atoms with Crippen molar-refractivity contribution in [3.8, 4) is 0 Å². The number of thiazole rings is 1. The molecule has 1 aliphatic rings. The minimum absolute atomic E-state index is 0.0507. The van der Waals surface area contributed by atoms with Crippen molar-refractivity contribution in [1.29, 1.82) is 0 Å². The predicted octanol–water partition coefficient (Wildman–Crippen LogP) is 5.99. The van der Waals surface area contributed by atoms with Gasteiger partial charge >= 0.3 is 5.91 Å². The largest absolute Gasteiger partial charge is 0.507 e. The van der Waals surface area contributed by atoms with Crippen LogP contribution in [0.4, 0.5) is 5.13 Å². The Bertz CT molecular complexity index is 1410. The number of aryl methyl sites for hydroxylation is 1. The van der Waals surface area contributed by atoms with E-state index in [4.69, 9.17) is 0 Å². The van der Waals surface area contributed by atoms with Crippen LogP contribution in [0.3, 0.4) is 0 Å². The average Bonchev–Trinajstić information content (AvgIpc) is 3.32. The second kappa shape index (κ2) is 8.00. The Morgan fingerprint density at radius 2 is 1.81 bits per heavy atom. The highest BCUT2D eigenvalue weighted by Gasteiger charge is 2.48. The number of aromatic nitrogens is 1. The minimum atomic E-state index is -0.797. The van der Waals surface area contributed by atoms with Gasteiger partial charge in [-0.05, 0) is 42.3 Å². The molecule has 0 radical (unpaired) electrons. The lowest BCUT2D eigenvalue weighted by Gasteiger charge is -2.23. The number of carbonyl (C=O) groups is 2. The second-order valence-corrected chi connectivity index (χ2v) is 9.48. The summed E-state index contributed by atoms with van der Waals surface area (Å²) < 4.78 is 1.73. The molecule has 1 aliphatic heterocycles. The molecule has 0 bridgehead atoms. The van der Waals surface area contributed by atoms with Gasteiger partial charge in [0.25, 0.3) is 5.78 Å². The van der Waals surface area contributed by atoms with Crippen LogP contribution < -0.4 is 4.90 Å². The van der Waals surface area contributed by atoms with Crippen LogP contribution in [0, 0.1) is 6.92 Å². The smallest absolute Gasteiger partial charge is 0.301 e. The van der Waals surface area contributed by atoms with Crippen LogP contribution in [-0.2, 0) is 9.59 Å². The molecule has 7 heteroatoms. The quantitative estimate of drug-likeness (QED) is 0.211. The maximum absolute atomic E-state index is 13.3. The van der Waals surface area contributed by atoms with Gasteiger partial charge in [0.2, 0.25) is 0 Å². The summed E-state index contributed by atoms with van der Waals surface area (Å²) in [5.74, 6) is -1.64. The van der Waals surface area contributed by atoms with Crippen molar-refractivity contribution in [1.82, 2.24) is 4.98 Å². The SMILES string of the molecule is Cc1ccc2nc(N3C(=O)C(=O)/C(=C(/O)c4ccccc4)[C@@H]3c3cccc(Br)c3)sc2c1. The van der Waals surface area contributed by atoms with Crippen LogP contribution in [-0.4, -0.2) is 21.8 Å². The van der Waals surface area contributed by atoms with Gasteiger partial charge in [0.15, 0.2) is 5.13 Å². The molecule has 1 amide bonds. The van der Waals surface area contributed by atoms with Crippen LogP contribution in [0.25, 0.3) is 16.0 Å². The zero-order valence-corrected chi connectivity index (χ0v) is 19.4. The molecule has 158 valence electrons. The predicted molar refractivity (Wildman–Crippen MR) is 130 cm³/mol. The van der Waals surface area contributed by atoms with Crippen molar-refractivity contribution in [3.05, 3.63) is 99.5 Å². The number of benzene rings is 3. The van der Waals surface area contributed by atoms with Gasteiger partial charge in [0.05, 0.1) is 21.8 Å². The molecule has 2 heterocycles. The summed E-state index contributed by atoms with van der Waals surface area (Å²) in [4.78, 5) is 32.5. The van der Waals surface area contributed by atoms with E-state index < -0.39 is 17.7 Å². The Morgan fingerprint density at radius 1 is 1.03 bits per heavy atom. The van der Waals surface area contributed by atoms with Crippen molar-refractivity contribution < 1.29 is 14.7 Å². The lowest BCUT2D eigenvalue weighted by Crippen LogP contribution is -2.29. The number of halogens is 1. The number of Topliss-reactive ketones (excluding diaryl/α,β-unsaturated/α-hetero) is 1. The second-order valence-electron chi connectivity index (χ2n) is 7.56. The molecule has 0 unspecified atom stereocenters. The zero-order chi connectivity index (χ0) is 22.4. The fourth-order valence-corrected chi connectivity index (χ4v) is 5.40. The van der Waals surface area contributed by atoms with Crippen LogP contribution in [0.1, 0.15) is 22.7 Å². The molecule has 1 aromatic heterocycles. The molecule has 1 fully saturated rings. The van der Waals surface area contributed by atoms with Crippen LogP contribution in [0.5, 0.6) is 0 Å². The number of nitrogens with zero attached hydrogens (tertiary/aromatic N) is 2. The van der Waals surface area contributed by atoms with Crippen LogP contribution in [0.2, 0.25) is 0 Å². The summed E-state index contributed by atoms with van der Waals surface area (Å²) in [7, 11) is 0. The van der Waals surface area contributed by atoms with E-state index in [9.17, 15) is 14.7 Å². The summed E-state index contributed by atoms with van der Waals surface area (Å²) in [5.41, 5.74) is 3.07. The highest BCUT2D eigenvalue weighted by atomic mass is 79.9. The standard InChI is InChI=1S/C25H17BrN2O3S/c1-14-10-11-18-19(12-14)32-25(27-18)28-21(16-8-5-9-17(26)13-16)20(23(30)24(28)31)22(29)15-6-3-2-4-7-15/h2-13,21,29H,1H3/b22-20+/t21-/m0/s1. The number of hydrogen-bond donors (Lipinski definition) is 1. The topological polar surface area (TPSA) is 70.5 Å². The van der Waals surface area contributed by atoms with E-state index in [1.807, 2.05) is 55.5 Å². The molecule has 5 rings (SSSR count). The maximum atomic E-state index is 13.3. The third kappa shape index (κ3) is 3.43. The maximum Gasteiger partial charge on any atom is 0.301 e. The van der Waals surface area contributed by atoms with Gasteiger partial charge in [-0.1, -0.05) is 75.8 Å². The molecular weight excluding hydrogens is 488 g/mol. The van der Waals surface area contributed by atoms with Gasteiger partial charge in [0, 0.05) is 10.0 Å². The fourth-order valence-electron chi connectivity index (χ4n) is 3.90. The van der Waals surface area contributed by atoms with E-state index in [0.29, 0.717) is 16.3 Å². The number of aliphatic hydroxyl groups excluding tert-OH is 1. The highest BCUT2D eigenvalue weighted by molar-refractivity contribution is 9.10. The fraction of sp³-hybridized carbons (Fsp3) is 0.0800. The molecule has 1 atom stereocenters. The third-order valence-corrected chi connectivity index (χ3v) is 6.91. The molecule has 3 aromatic carbocycles. The number of rotatable bonds is 3. The normalized spacial score (nSPS) is 17.9. The first kappa shape index (κ1) is 20.6. The third-order valence-electron chi connectivity index (χ3n) is 5.39. The minimum Gasteiger partial charge on any atom is -0.507 e. The van der Waals surface area contributed by atoms with Gasteiger partial charge in [-0.2, -0.15) is 0 Å². The van der Waals surface area contributed by atoms with Crippen LogP contribution >= 0.6 is 27.3 Å². The van der Waals surface area contributed by atoms with Crippen molar-refractivity contribution in [3.63, 3.8) is 0 Å². The number of anilines is 1. The number of amides is 1. The number of hydrogen-bond acceptors (Lipinski definition) is 5. The van der Waals surface area contributed by atoms with Crippen LogP contribution in [0.15, 0.2) is 82.8 Å². The first-order valence-electron chi connectivity index (χ1n) is 9.93. The van der Waals surface area contributed by atoms with E-state index in [1.165, 1.54) is 16.2 Å². The summed E-state index contributed by atoms with van der Waals surface area (Å²) >= 11 is 4.83. The number of carbonyl (C=O) groups excluding carboxylic acids is 2. The van der Waals surface area contributed by atoms with Crippen molar-refractivity contribution in [2.24, 2.45) is 0 Å². The van der Waals surface area contributed by atoms with E-state index >= 15 is 0 Å². The van der Waals surface area contributed by atoms with Gasteiger partial charge in [0.1, 0.15) is 5.76 Å². The van der Waals surface area contributed by atoms with E-state index in [1.54, 1.807) is 24.3 Å². The Hall–Kier alpha value is -3.29. The monoisotopic (exact) mass is 504 g/mol. The molecular formula is C25H17BrN2O3S. The highest BCUT2D eigenvalue weighted by Crippen LogP contribution is 2.44. The van der Waals surface area contributed by atoms with E-state index in [2.05, 4.69) is 20.9 Å². The Morgan fingerprint density at radius 3 is 2.56 bits per heavy atom. The molecule has 1 N–H and O–H groups in total. The summed E-state index contributed by atoms with van der Waals surface area (Å²) in [6.45, 7) is 1.99. The van der Waals surface area contributed by atoms with Gasteiger partial charge in [-0.3, -0.25) is 14.5 Å². The first-order chi connectivity index (χ1) is 15.4. The van der Waals surface area contributed by atoms with Gasteiger partial charge < -0.3 is 5.11 Å². The number of aliphatic hydroxyl groups is 1. The summed E-state index contributed by atoms with van der Waals surface area (Å²) in [6.07, 6.45) is 0. The zero-order valence-electron chi connectivity index (χ0n) is 16.9. The molecule has 0 aliphatic carbocycles. The van der Waals surface area contributed by atoms with E-state index in [-0.39, 0.29) is 11.3 Å². The molecule has 1 saturated heterocycles. The summed E-state index contributed by atoms with van der Waals surface area (Å²) in [6, 6.07) is 21.2. The molecule has 5 nitrogen and oxygen atoms in total. The van der Waals surface area contributed by atoms with Crippen molar-refractivity contribution in [2.75, 3.05) is 4.90 Å². The Balaban J connectivity index is 1.75. The average molecular weight is 505 g/mol. The molecule has 0 saturated carbocycles. The number of fused-ring (bicyclic) bond motifs is 1. The number of ketones is 1. The van der Waals surface area contributed by atoms with Crippen molar-refractivity contribution >= 4 is 60.1 Å². The lowest BCUT2D eigenvalue weighted by molar-refractivity contribution is -0.132. The van der Waals surface area contributed by atoms with Crippen molar-refractivity contribution in [2.45, 2.75) is 13.0 Å². The summed E-state index contributed by atoms with van der Waals surface area (Å²) in [5, 5.41) is 11.5. The Labute approximate surface area is 196 Å². The van der Waals surface area contributed by atoms with E-state index in [0.717, 1.165) is 20.3 Å².